The quantitative estimate of drug-likeness (QED) is 0.702. The van der Waals surface area contributed by atoms with Gasteiger partial charge in [0.25, 0.3) is 0 Å². The predicted octanol–water partition coefficient (Wildman–Crippen LogP) is 3.67. The Labute approximate surface area is 149 Å². The van der Waals surface area contributed by atoms with E-state index in [9.17, 15) is 4.79 Å². The summed E-state index contributed by atoms with van der Waals surface area (Å²) in [7, 11) is 3.11. The monoisotopic (exact) mass is 394 g/mol. The topological polar surface area (TPSA) is 68.8 Å². The fourth-order valence-electron chi connectivity index (χ4n) is 2.04. The van der Waals surface area contributed by atoms with Gasteiger partial charge in [0.2, 0.25) is 5.75 Å². The van der Waals surface area contributed by atoms with E-state index < -0.39 is 0 Å². The molecule has 2 rings (SSSR count). The molecule has 0 saturated carbocycles. The number of rotatable bonds is 7. The van der Waals surface area contributed by atoms with E-state index in [0.717, 1.165) is 4.47 Å². The molecule has 2 aromatic carbocycles. The number of amides is 2. The van der Waals surface area contributed by atoms with Gasteiger partial charge < -0.3 is 24.8 Å². The van der Waals surface area contributed by atoms with E-state index in [-0.39, 0.29) is 6.03 Å². The fourth-order valence-corrected chi connectivity index (χ4v) is 2.44. The number of carbonyl (C=O) groups excluding carboxylic acids is 1. The summed E-state index contributed by atoms with van der Waals surface area (Å²) in [5.74, 6) is 1.68. The highest BCUT2D eigenvalue weighted by Crippen LogP contribution is 2.36. The molecule has 0 unspecified atom stereocenters. The molecule has 0 fully saturated rings. The van der Waals surface area contributed by atoms with Gasteiger partial charge in [-0.3, -0.25) is 0 Å². The second-order valence-corrected chi connectivity index (χ2v) is 5.65. The summed E-state index contributed by atoms with van der Waals surface area (Å²) in [6, 6.07) is 12.4. The molecule has 0 bridgehead atoms. The zero-order chi connectivity index (χ0) is 17.4. The summed E-state index contributed by atoms with van der Waals surface area (Å²) in [5, 5.41) is 5.47. The van der Waals surface area contributed by atoms with Gasteiger partial charge in [0, 0.05) is 10.2 Å². The number of hydrogen-bond acceptors (Lipinski definition) is 4. The maximum absolute atomic E-state index is 11.8. The first-order valence-corrected chi connectivity index (χ1v) is 8.07. The maximum Gasteiger partial charge on any atom is 0.319 e. The van der Waals surface area contributed by atoms with E-state index in [1.165, 1.54) is 0 Å². The average molecular weight is 395 g/mol. The van der Waals surface area contributed by atoms with Crippen LogP contribution in [0.25, 0.3) is 0 Å². The lowest BCUT2D eigenvalue weighted by Crippen LogP contribution is -2.32. The molecule has 0 aliphatic rings. The van der Waals surface area contributed by atoms with Crippen molar-refractivity contribution in [2.75, 3.05) is 32.7 Å². The van der Waals surface area contributed by atoms with Gasteiger partial charge in [-0.1, -0.05) is 28.1 Å². The number of halogens is 1. The van der Waals surface area contributed by atoms with Crippen molar-refractivity contribution in [2.45, 2.75) is 0 Å². The van der Waals surface area contributed by atoms with E-state index in [2.05, 4.69) is 26.6 Å². The molecule has 24 heavy (non-hydrogen) atoms. The van der Waals surface area contributed by atoms with Crippen LogP contribution >= 0.6 is 15.9 Å². The maximum atomic E-state index is 11.8. The Kier molecular flexibility index (Phi) is 6.74. The second-order valence-electron chi connectivity index (χ2n) is 4.73. The number of anilines is 1. The van der Waals surface area contributed by atoms with Crippen LogP contribution in [0.1, 0.15) is 0 Å². The molecule has 2 N–H and O–H groups in total. The van der Waals surface area contributed by atoms with Crippen molar-refractivity contribution in [1.29, 1.82) is 0 Å². The minimum Gasteiger partial charge on any atom is -0.493 e. The molecule has 0 aliphatic carbocycles. The van der Waals surface area contributed by atoms with Gasteiger partial charge in [-0.15, -0.1) is 0 Å². The predicted molar refractivity (Wildman–Crippen MR) is 96.2 cm³/mol. The Hall–Kier alpha value is -2.41. The van der Waals surface area contributed by atoms with Gasteiger partial charge in [0.15, 0.2) is 11.5 Å². The highest BCUT2D eigenvalue weighted by atomic mass is 79.9. The number of urea groups is 1. The third-order valence-corrected chi connectivity index (χ3v) is 3.59. The lowest BCUT2D eigenvalue weighted by Gasteiger charge is -2.14. The molecule has 0 spiro atoms. The van der Waals surface area contributed by atoms with Gasteiger partial charge >= 0.3 is 6.03 Å². The number of para-hydroxylation sites is 1. The van der Waals surface area contributed by atoms with Gasteiger partial charge in [0.05, 0.1) is 20.8 Å². The van der Waals surface area contributed by atoms with Crippen LogP contribution in [0.2, 0.25) is 0 Å². The molecule has 2 aromatic rings. The second kappa shape index (κ2) is 9.02. The van der Waals surface area contributed by atoms with E-state index in [4.69, 9.17) is 14.2 Å². The minimum absolute atomic E-state index is 0.297. The Morgan fingerprint density at radius 1 is 1.08 bits per heavy atom. The number of carbonyl (C=O) groups is 1. The third-order valence-electron chi connectivity index (χ3n) is 3.09. The number of hydrogen-bond donors (Lipinski definition) is 2. The van der Waals surface area contributed by atoms with Gasteiger partial charge in [-0.25, -0.2) is 4.79 Å². The number of ether oxygens (including phenoxy) is 3. The normalized spacial score (nSPS) is 9.96. The summed E-state index contributed by atoms with van der Waals surface area (Å²) in [6.07, 6.45) is 0. The Morgan fingerprint density at radius 3 is 2.54 bits per heavy atom. The summed E-state index contributed by atoms with van der Waals surface area (Å²) in [6.45, 7) is 0.648. The van der Waals surface area contributed by atoms with Crippen LogP contribution in [0.4, 0.5) is 10.5 Å². The molecule has 2 amide bonds. The fraction of sp³-hybridized carbons (Fsp3) is 0.235. The van der Waals surface area contributed by atoms with Crippen LogP contribution in [-0.2, 0) is 0 Å². The summed E-state index contributed by atoms with van der Waals surface area (Å²) < 4.78 is 17.0. The zero-order valence-electron chi connectivity index (χ0n) is 13.5. The SMILES string of the molecule is COc1cccc(OCCNC(=O)Nc2cccc(Br)c2)c1OC. The van der Waals surface area contributed by atoms with Crippen LogP contribution < -0.4 is 24.8 Å². The van der Waals surface area contributed by atoms with Crippen molar-refractivity contribution in [3.05, 3.63) is 46.9 Å². The van der Waals surface area contributed by atoms with Crippen molar-refractivity contribution < 1.29 is 19.0 Å². The average Bonchev–Trinajstić information content (AvgIpc) is 2.58. The van der Waals surface area contributed by atoms with E-state index in [1.54, 1.807) is 26.4 Å². The zero-order valence-corrected chi connectivity index (χ0v) is 15.1. The highest BCUT2D eigenvalue weighted by molar-refractivity contribution is 9.10. The number of methoxy groups -OCH3 is 2. The van der Waals surface area contributed by atoms with E-state index in [0.29, 0.717) is 36.1 Å². The van der Waals surface area contributed by atoms with Gasteiger partial charge in [-0.2, -0.15) is 0 Å². The largest absolute Gasteiger partial charge is 0.493 e. The van der Waals surface area contributed by atoms with Gasteiger partial charge in [0.1, 0.15) is 6.61 Å². The standard InChI is InChI=1S/C17H19BrN2O4/c1-22-14-7-4-8-15(16(14)23-2)24-10-9-19-17(21)20-13-6-3-5-12(18)11-13/h3-8,11H,9-10H2,1-2H3,(H2,19,20,21). The number of nitrogens with one attached hydrogen (secondary N) is 2. The van der Waals surface area contributed by atoms with Crippen LogP contribution in [0.3, 0.4) is 0 Å². The van der Waals surface area contributed by atoms with Gasteiger partial charge in [-0.05, 0) is 30.3 Å². The van der Waals surface area contributed by atoms with Crippen LogP contribution in [0.5, 0.6) is 17.2 Å². The van der Waals surface area contributed by atoms with Crippen molar-refractivity contribution >= 4 is 27.6 Å². The summed E-state index contributed by atoms with van der Waals surface area (Å²) in [5.41, 5.74) is 0.706. The molecule has 0 saturated heterocycles. The summed E-state index contributed by atoms with van der Waals surface area (Å²) >= 11 is 3.35. The molecule has 128 valence electrons. The Balaban J connectivity index is 1.80. The molecule has 0 radical (unpaired) electrons. The summed E-state index contributed by atoms with van der Waals surface area (Å²) in [4.78, 5) is 11.8. The number of benzene rings is 2. The van der Waals surface area contributed by atoms with E-state index in [1.807, 2.05) is 30.3 Å². The van der Waals surface area contributed by atoms with Crippen LogP contribution in [-0.4, -0.2) is 33.4 Å². The molecule has 0 heterocycles. The third kappa shape index (κ3) is 5.06. The molecule has 0 aliphatic heterocycles. The molecular weight excluding hydrogens is 376 g/mol. The van der Waals surface area contributed by atoms with Crippen molar-refractivity contribution in [2.24, 2.45) is 0 Å². The molecule has 6 nitrogen and oxygen atoms in total. The van der Waals surface area contributed by atoms with Crippen molar-refractivity contribution in [3.63, 3.8) is 0 Å². The van der Waals surface area contributed by atoms with Crippen molar-refractivity contribution in [3.8, 4) is 17.2 Å². The first-order valence-electron chi connectivity index (χ1n) is 7.28. The first kappa shape index (κ1) is 17.9. The van der Waals surface area contributed by atoms with Crippen LogP contribution in [0, 0.1) is 0 Å². The molecule has 7 heteroatoms. The molecular formula is C17H19BrN2O4. The molecule has 0 aromatic heterocycles. The van der Waals surface area contributed by atoms with E-state index >= 15 is 0 Å². The highest BCUT2D eigenvalue weighted by Gasteiger charge is 2.10. The molecule has 0 atom stereocenters. The Bertz CT molecular complexity index is 694. The van der Waals surface area contributed by atoms with Crippen molar-refractivity contribution in [1.82, 2.24) is 5.32 Å². The lowest BCUT2D eigenvalue weighted by molar-refractivity contribution is 0.245. The first-order chi connectivity index (χ1) is 11.6. The Morgan fingerprint density at radius 2 is 1.83 bits per heavy atom. The lowest BCUT2D eigenvalue weighted by atomic mass is 10.3. The van der Waals surface area contributed by atoms with Crippen LogP contribution in [0.15, 0.2) is 46.9 Å². The smallest absolute Gasteiger partial charge is 0.319 e. The minimum atomic E-state index is -0.297.